The SMILES string of the molecule is CSc1nnc(C(N)=O)c(Nc2cncc(-c3ccc(C(C)=O)s3)c2)n1. The maximum absolute atomic E-state index is 11.6. The number of nitrogens with one attached hydrogen (secondary N) is 1. The van der Waals surface area contributed by atoms with Crippen molar-refractivity contribution in [1.29, 1.82) is 0 Å². The minimum Gasteiger partial charge on any atom is -0.364 e. The third kappa shape index (κ3) is 3.86. The van der Waals surface area contributed by atoms with Crippen LogP contribution >= 0.6 is 23.1 Å². The first-order chi connectivity index (χ1) is 12.5. The molecule has 0 aliphatic heterocycles. The second-order valence-electron chi connectivity index (χ2n) is 5.17. The van der Waals surface area contributed by atoms with Crippen LogP contribution in [0.5, 0.6) is 0 Å². The topological polar surface area (TPSA) is 124 Å². The van der Waals surface area contributed by atoms with Crippen molar-refractivity contribution in [2.45, 2.75) is 12.1 Å². The highest BCUT2D eigenvalue weighted by atomic mass is 32.2. The van der Waals surface area contributed by atoms with E-state index in [0.717, 1.165) is 10.4 Å². The van der Waals surface area contributed by atoms with E-state index in [1.807, 2.05) is 12.1 Å². The molecule has 0 saturated carbocycles. The molecule has 26 heavy (non-hydrogen) atoms. The number of amides is 1. The Morgan fingerprint density at radius 3 is 2.69 bits per heavy atom. The molecule has 10 heteroatoms. The minimum atomic E-state index is -0.728. The number of anilines is 2. The van der Waals surface area contributed by atoms with Crippen molar-refractivity contribution in [3.8, 4) is 10.4 Å². The minimum absolute atomic E-state index is 0.0197. The zero-order valence-electron chi connectivity index (χ0n) is 13.9. The zero-order valence-corrected chi connectivity index (χ0v) is 15.5. The van der Waals surface area contributed by atoms with Crippen molar-refractivity contribution in [3.05, 3.63) is 41.2 Å². The van der Waals surface area contributed by atoms with E-state index in [4.69, 9.17) is 5.73 Å². The molecule has 0 saturated heterocycles. The van der Waals surface area contributed by atoms with E-state index in [1.54, 1.807) is 24.7 Å². The molecule has 0 radical (unpaired) electrons. The van der Waals surface area contributed by atoms with Gasteiger partial charge in [0, 0.05) is 16.6 Å². The predicted octanol–water partition coefficient (Wildman–Crippen LogP) is 2.76. The van der Waals surface area contributed by atoms with Crippen molar-refractivity contribution >= 4 is 46.3 Å². The van der Waals surface area contributed by atoms with Crippen LogP contribution in [0.1, 0.15) is 27.1 Å². The van der Waals surface area contributed by atoms with Gasteiger partial charge in [-0.15, -0.1) is 21.5 Å². The number of ketones is 1. The molecule has 3 heterocycles. The molecular formula is C16H14N6O2S2. The van der Waals surface area contributed by atoms with Crippen molar-refractivity contribution in [2.75, 3.05) is 11.6 Å². The first-order valence-corrected chi connectivity index (χ1v) is 9.43. The number of hydrogen-bond donors (Lipinski definition) is 2. The summed E-state index contributed by atoms with van der Waals surface area (Å²) in [6.45, 7) is 1.53. The van der Waals surface area contributed by atoms with Gasteiger partial charge >= 0.3 is 0 Å². The van der Waals surface area contributed by atoms with Crippen LogP contribution in [0.2, 0.25) is 0 Å². The van der Waals surface area contributed by atoms with Crippen molar-refractivity contribution in [1.82, 2.24) is 20.2 Å². The summed E-state index contributed by atoms with van der Waals surface area (Å²) in [7, 11) is 0. The molecule has 0 bridgehead atoms. The Bertz CT molecular complexity index is 988. The fourth-order valence-electron chi connectivity index (χ4n) is 2.11. The molecular weight excluding hydrogens is 372 g/mol. The summed E-state index contributed by atoms with van der Waals surface area (Å²) in [4.78, 5) is 33.1. The summed E-state index contributed by atoms with van der Waals surface area (Å²) in [6, 6.07) is 5.50. The van der Waals surface area contributed by atoms with Crippen molar-refractivity contribution < 1.29 is 9.59 Å². The third-order valence-corrected chi connectivity index (χ3v) is 5.09. The number of nitrogens with zero attached hydrogens (tertiary/aromatic N) is 4. The number of thiophene rings is 1. The summed E-state index contributed by atoms with van der Waals surface area (Å²) in [6.07, 6.45) is 5.09. The van der Waals surface area contributed by atoms with Gasteiger partial charge in [-0.1, -0.05) is 11.8 Å². The van der Waals surface area contributed by atoms with Gasteiger partial charge in [0.15, 0.2) is 17.3 Å². The van der Waals surface area contributed by atoms with Gasteiger partial charge in [0.1, 0.15) is 0 Å². The molecule has 0 atom stereocenters. The van der Waals surface area contributed by atoms with Crippen LogP contribution in [0.25, 0.3) is 10.4 Å². The van der Waals surface area contributed by atoms with Gasteiger partial charge in [-0.25, -0.2) is 4.98 Å². The standard InChI is InChI=1S/C16H14N6O2S2/c1-8(23)11-3-4-12(26-11)9-5-10(7-18-6-9)19-15-13(14(17)24)21-22-16(20-15)25-2/h3-7H,1-2H3,(H2,17,24)(H,19,20,22). The fraction of sp³-hybridized carbons (Fsp3) is 0.125. The van der Waals surface area contributed by atoms with Gasteiger partial charge in [0.05, 0.1) is 16.8 Å². The number of carbonyl (C=O) groups excluding carboxylic acids is 2. The second-order valence-corrected chi connectivity index (χ2v) is 7.02. The van der Waals surface area contributed by atoms with E-state index in [2.05, 4.69) is 25.5 Å². The van der Waals surface area contributed by atoms with Crippen LogP contribution in [0.3, 0.4) is 0 Å². The monoisotopic (exact) mass is 386 g/mol. The molecule has 132 valence electrons. The summed E-state index contributed by atoms with van der Waals surface area (Å²) >= 11 is 2.69. The van der Waals surface area contributed by atoms with Gasteiger partial charge < -0.3 is 11.1 Å². The number of thioether (sulfide) groups is 1. The van der Waals surface area contributed by atoms with Gasteiger partial charge in [0.2, 0.25) is 5.16 Å². The van der Waals surface area contributed by atoms with Crippen LogP contribution in [0, 0.1) is 0 Å². The third-order valence-electron chi connectivity index (χ3n) is 3.32. The van der Waals surface area contributed by atoms with Gasteiger partial charge in [-0.05, 0) is 31.4 Å². The molecule has 0 spiro atoms. The molecule has 0 aliphatic carbocycles. The first kappa shape index (κ1) is 18.0. The molecule has 3 aromatic rings. The highest BCUT2D eigenvalue weighted by Crippen LogP contribution is 2.30. The highest BCUT2D eigenvalue weighted by Gasteiger charge is 2.15. The Kier molecular flexibility index (Phi) is 5.24. The zero-order chi connectivity index (χ0) is 18.7. The summed E-state index contributed by atoms with van der Waals surface area (Å²) < 4.78 is 0. The Morgan fingerprint density at radius 1 is 1.23 bits per heavy atom. The lowest BCUT2D eigenvalue weighted by Gasteiger charge is -2.09. The molecule has 3 N–H and O–H groups in total. The lowest BCUT2D eigenvalue weighted by Crippen LogP contribution is -2.17. The quantitative estimate of drug-likeness (QED) is 0.489. The summed E-state index contributed by atoms with van der Waals surface area (Å²) in [5.41, 5.74) is 6.73. The average molecular weight is 386 g/mol. The molecule has 8 nitrogen and oxygen atoms in total. The van der Waals surface area contributed by atoms with Gasteiger partial charge in [0.25, 0.3) is 5.91 Å². The van der Waals surface area contributed by atoms with Crippen LogP contribution in [-0.4, -0.2) is 38.1 Å². The summed E-state index contributed by atoms with van der Waals surface area (Å²) in [5.74, 6) is -0.494. The number of rotatable bonds is 6. The molecule has 0 fully saturated rings. The number of Topliss-reactive ketones (excluding diaryl/α,β-unsaturated/α-hetero) is 1. The number of nitrogens with two attached hydrogens (primary N) is 1. The lowest BCUT2D eigenvalue weighted by atomic mass is 10.2. The Balaban J connectivity index is 1.94. The van der Waals surface area contributed by atoms with Gasteiger partial charge in [-0.3, -0.25) is 14.6 Å². The van der Waals surface area contributed by atoms with Crippen molar-refractivity contribution in [3.63, 3.8) is 0 Å². The second kappa shape index (κ2) is 7.58. The van der Waals surface area contributed by atoms with E-state index in [-0.39, 0.29) is 17.3 Å². The van der Waals surface area contributed by atoms with Crippen LogP contribution in [-0.2, 0) is 0 Å². The van der Waals surface area contributed by atoms with E-state index in [0.29, 0.717) is 15.7 Å². The van der Waals surface area contributed by atoms with Crippen LogP contribution < -0.4 is 11.1 Å². The number of carbonyl (C=O) groups is 2. The van der Waals surface area contributed by atoms with E-state index >= 15 is 0 Å². The number of primary amides is 1. The maximum Gasteiger partial charge on any atom is 0.273 e. The highest BCUT2D eigenvalue weighted by molar-refractivity contribution is 7.98. The Hall–Kier alpha value is -2.85. The molecule has 1 amide bonds. The molecule has 0 aliphatic rings. The van der Waals surface area contributed by atoms with E-state index < -0.39 is 5.91 Å². The van der Waals surface area contributed by atoms with Crippen LogP contribution in [0.15, 0.2) is 35.7 Å². The van der Waals surface area contributed by atoms with Crippen LogP contribution in [0.4, 0.5) is 11.5 Å². The van der Waals surface area contributed by atoms with E-state index in [1.165, 1.54) is 30.0 Å². The van der Waals surface area contributed by atoms with Crippen molar-refractivity contribution in [2.24, 2.45) is 5.73 Å². The van der Waals surface area contributed by atoms with Gasteiger partial charge in [-0.2, -0.15) is 0 Å². The smallest absolute Gasteiger partial charge is 0.273 e. The normalized spacial score (nSPS) is 10.5. The molecule has 0 unspecified atom stereocenters. The average Bonchev–Trinajstić information content (AvgIpc) is 3.12. The molecule has 0 aromatic carbocycles. The largest absolute Gasteiger partial charge is 0.364 e. The maximum atomic E-state index is 11.6. The Morgan fingerprint density at radius 2 is 2.04 bits per heavy atom. The number of pyridine rings is 1. The number of hydrogen-bond acceptors (Lipinski definition) is 9. The fourth-order valence-corrected chi connectivity index (χ4v) is 3.30. The lowest BCUT2D eigenvalue weighted by molar-refractivity contribution is 0.0992. The molecule has 3 aromatic heterocycles. The number of aromatic nitrogens is 4. The molecule has 3 rings (SSSR count). The predicted molar refractivity (Wildman–Crippen MR) is 101 cm³/mol. The first-order valence-electron chi connectivity index (χ1n) is 7.39. The summed E-state index contributed by atoms with van der Waals surface area (Å²) in [5, 5.41) is 11.1. The Labute approximate surface area is 157 Å². The van der Waals surface area contributed by atoms with E-state index in [9.17, 15) is 9.59 Å².